The third kappa shape index (κ3) is 7.48. The number of aliphatic carboxylic acids is 1. The zero-order valence-corrected chi connectivity index (χ0v) is 30.6. The summed E-state index contributed by atoms with van der Waals surface area (Å²) in [5.41, 5.74) is 0.128. The molecule has 1 aliphatic carbocycles. The van der Waals surface area contributed by atoms with Gasteiger partial charge in [0.05, 0.1) is 30.8 Å². The average molecular weight is 712 g/mol. The maximum atomic E-state index is 14.7. The SMILES string of the molecule is C=CC1CC1(NC(=O)[C@@H]1C[C@@H](Oc2cc(-c3ccccc3)nc3cc(OC)ccc23)CN1C(=O)C(CC(=O)N1CCN(C)CC1)C(C)(C)C)C(=O)O. The van der Waals surface area contributed by atoms with E-state index in [2.05, 4.69) is 16.8 Å². The maximum Gasteiger partial charge on any atom is 0.330 e. The van der Waals surface area contributed by atoms with E-state index in [4.69, 9.17) is 14.5 Å². The Morgan fingerprint density at radius 3 is 2.40 bits per heavy atom. The van der Waals surface area contributed by atoms with Crippen LogP contribution < -0.4 is 14.8 Å². The third-order valence-corrected chi connectivity index (χ3v) is 10.8. The second-order valence-corrected chi connectivity index (χ2v) is 15.4. The van der Waals surface area contributed by atoms with E-state index in [1.165, 1.54) is 11.0 Å². The highest BCUT2D eigenvalue weighted by Crippen LogP contribution is 2.45. The van der Waals surface area contributed by atoms with Crippen molar-refractivity contribution < 1.29 is 33.8 Å². The molecule has 2 aliphatic heterocycles. The number of amides is 3. The number of pyridine rings is 1. The fraction of sp³-hybridized carbons (Fsp3) is 0.475. The molecule has 3 aliphatic rings. The molecule has 276 valence electrons. The van der Waals surface area contributed by atoms with Crippen LogP contribution in [0.25, 0.3) is 22.2 Å². The molecule has 3 unspecified atom stereocenters. The lowest BCUT2D eigenvalue weighted by Gasteiger charge is -2.37. The molecule has 3 fully saturated rings. The highest BCUT2D eigenvalue weighted by atomic mass is 16.5. The van der Waals surface area contributed by atoms with Crippen LogP contribution >= 0.6 is 0 Å². The molecule has 12 nitrogen and oxygen atoms in total. The van der Waals surface area contributed by atoms with Gasteiger partial charge in [-0.05, 0) is 31.0 Å². The van der Waals surface area contributed by atoms with Crippen molar-refractivity contribution in [1.82, 2.24) is 25.0 Å². The van der Waals surface area contributed by atoms with Gasteiger partial charge in [0.25, 0.3) is 0 Å². The summed E-state index contributed by atoms with van der Waals surface area (Å²) in [6.45, 7) is 12.3. The van der Waals surface area contributed by atoms with E-state index in [1.807, 2.05) is 82.4 Å². The Labute approximate surface area is 304 Å². The number of carbonyl (C=O) groups is 4. The van der Waals surface area contributed by atoms with E-state index in [1.54, 1.807) is 12.0 Å². The maximum absolute atomic E-state index is 14.7. The number of likely N-dealkylation sites (tertiary alicyclic amines) is 1. The number of likely N-dealkylation sites (N-methyl/N-ethyl adjacent to an activating group) is 1. The summed E-state index contributed by atoms with van der Waals surface area (Å²) >= 11 is 0. The molecule has 3 aromatic rings. The molecule has 2 saturated heterocycles. The molecule has 2 N–H and O–H groups in total. The molecule has 3 heterocycles. The van der Waals surface area contributed by atoms with Gasteiger partial charge in [-0.2, -0.15) is 0 Å². The lowest BCUT2D eigenvalue weighted by Crippen LogP contribution is -2.55. The van der Waals surface area contributed by atoms with Crippen LogP contribution in [0.3, 0.4) is 0 Å². The highest BCUT2D eigenvalue weighted by Gasteiger charge is 2.61. The number of benzene rings is 2. The summed E-state index contributed by atoms with van der Waals surface area (Å²) in [5.74, 6) is -2.15. The standard InChI is InChI=1S/C40H49N5O7/c1-7-26-23-40(26,38(49)50)42-36(47)33-20-28(24-45(33)37(48)30(39(2,3)4)21-35(46)44-17-15-43(5)16-18-44)52-34-22-31(25-11-9-8-10-12-25)41-32-19-27(51-6)13-14-29(32)34/h7-14,19,22,26,28,30,33H,1,15-18,20-21,23-24H2,2-6H3,(H,42,47)(H,49,50)/t26?,28-,30?,33+,40?/m1/s1. The molecule has 2 aromatic carbocycles. The molecule has 0 bridgehead atoms. The molecular formula is C40H49N5O7. The van der Waals surface area contributed by atoms with Crippen LogP contribution in [0.2, 0.25) is 0 Å². The number of hydrogen-bond acceptors (Lipinski definition) is 8. The van der Waals surface area contributed by atoms with Gasteiger partial charge in [-0.3, -0.25) is 14.4 Å². The molecule has 1 saturated carbocycles. The second kappa shape index (κ2) is 14.6. The van der Waals surface area contributed by atoms with E-state index in [-0.39, 0.29) is 37.6 Å². The molecular weight excluding hydrogens is 662 g/mol. The minimum atomic E-state index is -1.47. The van der Waals surface area contributed by atoms with Crippen LogP contribution in [0.15, 0.2) is 67.3 Å². The summed E-state index contributed by atoms with van der Waals surface area (Å²) in [6.07, 6.45) is 1.25. The molecule has 52 heavy (non-hydrogen) atoms. The minimum absolute atomic E-state index is 0.00271. The number of carbonyl (C=O) groups excluding carboxylic acids is 3. The molecule has 0 spiro atoms. The Balaban J connectivity index is 1.33. The third-order valence-electron chi connectivity index (χ3n) is 10.8. The first-order chi connectivity index (χ1) is 24.7. The van der Waals surface area contributed by atoms with Gasteiger partial charge in [0, 0.05) is 68.0 Å². The number of hydrogen-bond donors (Lipinski definition) is 2. The molecule has 1 aromatic heterocycles. The number of piperazine rings is 1. The van der Waals surface area contributed by atoms with Crippen molar-refractivity contribution in [3.05, 3.63) is 67.3 Å². The van der Waals surface area contributed by atoms with Crippen LogP contribution in [0.4, 0.5) is 0 Å². The van der Waals surface area contributed by atoms with Gasteiger partial charge in [-0.25, -0.2) is 9.78 Å². The number of carboxylic acid groups (broad SMARTS) is 1. The van der Waals surface area contributed by atoms with Crippen molar-refractivity contribution in [1.29, 1.82) is 0 Å². The first kappa shape index (κ1) is 36.8. The van der Waals surface area contributed by atoms with Crippen molar-refractivity contribution in [3.8, 4) is 22.8 Å². The number of nitrogens with zero attached hydrogens (tertiary/aromatic N) is 4. The van der Waals surface area contributed by atoms with Gasteiger partial charge in [0.1, 0.15) is 29.2 Å². The molecule has 5 atom stereocenters. The van der Waals surface area contributed by atoms with Crippen LogP contribution in [0.5, 0.6) is 11.5 Å². The first-order valence-electron chi connectivity index (χ1n) is 17.9. The Kier molecular flexibility index (Phi) is 10.3. The van der Waals surface area contributed by atoms with Crippen LogP contribution in [-0.2, 0) is 19.2 Å². The predicted molar refractivity (Wildman–Crippen MR) is 197 cm³/mol. The lowest BCUT2D eigenvalue weighted by molar-refractivity contribution is -0.150. The van der Waals surface area contributed by atoms with E-state index < -0.39 is 46.8 Å². The number of carboxylic acids is 1. The number of methoxy groups -OCH3 is 1. The smallest absolute Gasteiger partial charge is 0.330 e. The van der Waals surface area contributed by atoms with E-state index in [0.717, 1.165) is 24.0 Å². The molecule has 0 radical (unpaired) electrons. The number of ether oxygens (including phenoxy) is 2. The van der Waals surface area contributed by atoms with Gasteiger partial charge in [0.2, 0.25) is 17.7 Å². The average Bonchev–Trinajstić information content (AvgIpc) is 3.69. The van der Waals surface area contributed by atoms with Crippen molar-refractivity contribution in [3.63, 3.8) is 0 Å². The fourth-order valence-electron chi connectivity index (χ4n) is 7.35. The fourth-order valence-corrected chi connectivity index (χ4v) is 7.35. The van der Waals surface area contributed by atoms with E-state index >= 15 is 0 Å². The van der Waals surface area contributed by atoms with Crippen molar-refractivity contribution in [2.75, 3.05) is 46.9 Å². The van der Waals surface area contributed by atoms with Crippen molar-refractivity contribution in [2.45, 2.75) is 57.7 Å². The normalized spacial score (nSPS) is 23.9. The lowest BCUT2D eigenvalue weighted by atomic mass is 9.77. The monoisotopic (exact) mass is 711 g/mol. The summed E-state index contributed by atoms with van der Waals surface area (Å²) in [5, 5.41) is 13.6. The number of fused-ring (bicyclic) bond motifs is 1. The summed E-state index contributed by atoms with van der Waals surface area (Å²) in [4.78, 5) is 65.1. The molecule has 6 rings (SSSR count). The van der Waals surface area contributed by atoms with E-state index in [0.29, 0.717) is 35.8 Å². The van der Waals surface area contributed by atoms with E-state index in [9.17, 15) is 24.3 Å². The van der Waals surface area contributed by atoms with Crippen LogP contribution in [0, 0.1) is 17.3 Å². The minimum Gasteiger partial charge on any atom is -0.497 e. The van der Waals surface area contributed by atoms with Gasteiger partial charge in [-0.15, -0.1) is 6.58 Å². The largest absolute Gasteiger partial charge is 0.497 e. The Bertz CT molecular complexity index is 1850. The Morgan fingerprint density at radius 1 is 1.08 bits per heavy atom. The topological polar surface area (TPSA) is 142 Å². The zero-order valence-electron chi connectivity index (χ0n) is 30.6. The van der Waals surface area contributed by atoms with Crippen molar-refractivity contribution >= 4 is 34.6 Å². The first-order valence-corrected chi connectivity index (χ1v) is 17.9. The van der Waals surface area contributed by atoms with Gasteiger partial charge in [-0.1, -0.05) is 57.2 Å². The van der Waals surface area contributed by atoms with Gasteiger partial charge in [0.15, 0.2) is 0 Å². The summed E-state index contributed by atoms with van der Waals surface area (Å²) in [6, 6.07) is 16.0. The summed E-state index contributed by atoms with van der Waals surface area (Å²) < 4.78 is 12.2. The van der Waals surface area contributed by atoms with Crippen LogP contribution in [-0.4, -0.2) is 113 Å². The molecule has 3 amide bonds. The highest BCUT2D eigenvalue weighted by molar-refractivity contribution is 5.96. The number of nitrogens with one attached hydrogen (secondary N) is 1. The number of aromatic nitrogens is 1. The van der Waals surface area contributed by atoms with Gasteiger partial charge >= 0.3 is 5.97 Å². The van der Waals surface area contributed by atoms with Crippen molar-refractivity contribution in [2.24, 2.45) is 17.3 Å². The quantitative estimate of drug-likeness (QED) is 0.280. The summed E-state index contributed by atoms with van der Waals surface area (Å²) in [7, 11) is 3.60. The zero-order chi connectivity index (χ0) is 37.4. The second-order valence-electron chi connectivity index (χ2n) is 15.4. The number of rotatable bonds is 11. The Hall–Kier alpha value is -4.97. The Morgan fingerprint density at radius 2 is 1.79 bits per heavy atom. The van der Waals surface area contributed by atoms with Gasteiger partial charge < -0.3 is 34.6 Å². The molecule has 12 heteroatoms. The predicted octanol–water partition coefficient (Wildman–Crippen LogP) is 4.23. The van der Waals surface area contributed by atoms with Crippen LogP contribution in [0.1, 0.15) is 40.0 Å².